The molecule has 0 bridgehead atoms. The van der Waals surface area contributed by atoms with E-state index in [1.165, 1.54) is 6.07 Å². The van der Waals surface area contributed by atoms with Gasteiger partial charge in [0, 0.05) is 50.9 Å². The van der Waals surface area contributed by atoms with Gasteiger partial charge >= 0.3 is 0 Å². The number of hydrogen-bond donors (Lipinski definition) is 0. The molecule has 1 aromatic carbocycles. The van der Waals surface area contributed by atoms with Gasteiger partial charge in [-0.2, -0.15) is 4.31 Å². The first-order chi connectivity index (χ1) is 19.2. The lowest BCUT2D eigenvalue weighted by Crippen LogP contribution is -2.43. The quantitative estimate of drug-likeness (QED) is 0.432. The second-order valence-corrected chi connectivity index (χ2v) is 14.0. The minimum absolute atomic E-state index is 0.0250. The molecule has 0 spiro atoms. The molecule has 4 atom stereocenters. The van der Waals surface area contributed by atoms with Crippen LogP contribution in [-0.4, -0.2) is 67.0 Å². The SMILES string of the molecule is CCn1cc(C(=O)N(CC2CC=CCC2)CC2CCCO2)c(=O)c2cc(S(=O)(=O)N3CC(C)CC(C)C3)ccc21. The van der Waals surface area contributed by atoms with E-state index in [1.807, 2.05) is 11.5 Å². The minimum atomic E-state index is -3.77. The van der Waals surface area contributed by atoms with Crippen LogP contribution in [-0.2, 0) is 21.3 Å². The molecule has 4 unspecified atom stereocenters. The monoisotopic (exact) mass is 569 g/mol. The number of benzene rings is 1. The van der Waals surface area contributed by atoms with Gasteiger partial charge in [0.2, 0.25) is 15.5 Å². The standard InChI is InChI=1S/C31H43N3O5S/c1-4-32-21-28(31(36)33(20-25-11-8-14-39-25)19-24-9-6-5-7-10-24)30(35)27-16-26(12-13-29(27)32)40(37,38)34-17-22(2)15-23(3)18-34/h5-6,12-13,16,21-25H,4,7-11,14-15,17-20H2,1-3H3. The fraction of sp³-hybridized carbons (Fsp3) is 0.613. The maximum atomic E-state index is 14.1. The molecule has 1 aliphatic carbocycles. The lowest BCUT2D eigenvalue weighted by molar-refractivity contribution is 0.0482. The van der Waals surface area contributed by atoms with Crippen LogP contribution in [0.1, 0.15) is 69.7 Å². The molecule has 218 valence electrons. The average molecular weight is 570 g/mol. The topological polar surface area (TPSA) is 88.9 Å². The number of amides is 1. The summed E-state index contributed by atoms with van der Waals surface area (Å²) in [5.41, 5.74) is 0.308. The molecule has 0 radical (unpaired) electrons. The van der Waals surface area contributed by atoms with Crippen LogP contribution in [0.4, 0.5) is 0 Å². The minimum Gasteiger partial charge on any atom is -0.376 e. The smallest absolute Gasteiger partial charge is 0.259 e. The Kier molecular flexibility index (Phi) is 8.83. The van der Waals surface area contributed by atoms with E-state index in [4.69, 9.17) is 4.74 Å². The third-order valence-electron chi connectivity index (χ3n) is 8.69. The Hall–Kier alpha value is -2.49. The summed E-state index contributed by atoms with van der Waals surface area (Å²) >= 11 is 0. The van der Waals surface area contributed by atoms with Gasteiger partial charge < -0.3 is 14.2 Å². The van der Waals surface area contributed by atoms with Crippen molar-refractivity contribution in [1.29, 1.82) is 0 Å². The summed E-state index contributed by atoms with van der Waals surface area (Å²) in [5, 5.41) is 0.268. The van der Waals surface area contributed by atoms with Crippen LogP contribution in [0.3, 0.4) is 0 Å². The zero-order valence-corrected chi connectivity index (χ0v) is 24.9. The average Bonchev–Trinajstić information content (AvgIpc) is 3.46. The van der Waals surface area contributed by atoms with Gasteiger partial charge in [0.15, 0.2) is 0 Å². The van der Waals surface area contributed by atoms with Gasteiger partial charge in [0.05, 0.1) is 16.5 Å². The number of hydrogen-bond acceptors (Lipinski definition) is 5. The van der Waals surface area contributed by atoms with E-state index in [-0.39, 0.29) is 39.7 Å². The van der Waals surface area contributed by atoms with Crippen molar-refractivity contribution in [3.05, 3.63) is 52.3 Å². The second kappa shape index (κ2) is 12.2. The number of aromatic nitrogens is 1. The molecule has 5 rings (SSSR count). The van der Waals surface area contributed by atoms with Gasteiger partial charge in [-0.05, 0) is 81.4 Å². The van der Waals surface area contributed by atoms with Crippen LogP contribution in [0.2, 0.25) is 0 Å². The van der Waals surface area contributed by atoms with Crippen molar-refractivity contribution < 1.29 is 17.9 Å². The van der Waals surface area contributed by atoms with Crippen molar-refractivity contribution in [2.24, 2.45) is 17.8 Å². The molecular formula is C31H43N3O5S. The van der Waals surface area contributed by atoms with Crippen molar-refractivity contribution >= 4 is 26.8 Å². The molecule has 1 amide bonds. The van der Waals surface area contributed by atoms with E-state index in [1.54, 1.807) is 27.5 Å². The largest absolute Gasteiger partial charge is 0.376 e. The predicted octanol–water partition coefficient (Wildman–Crippen LogP) is 4.67. The van der Waals surface area contributed by atoms with Gasteiger partial charge in [-0.1, -0.05) is 26.0 Å². The molecule has 2 aliphatic heterocycles. The first kappa shape index (κ1) is 29.0. The first-order valence-electron chi connectivity index (χ1n) is 14.9. The van der Waals surface area contributed by atoms with Crippen LogP contribution in [0, 0.1) is 17.8 Å². The fourth-order valence-corrected chi connectivity index (χ4v) is 8.39. The van der Waals surface area contributed by atoms with Crippen molar-refractivity contribution in [2.75, 3.05) is 32.8 Å². The van der Waals surface area contributed by atoms with Gasteiger partial charge in [-0.25, -0.2) is 8.42 Å². The highest BCUT2D eigenvalue weighted by molar-refractivity contribution is 7.89. The van der Waals surface area contributed by atoms with E-state index >= 15 is 0 Å². The number of ether oxygens (including phenoxy) is 1. The van der Waals surface area contributed by atoms with Crippen molar-refractivity contribution in [3.8, 4) is 0 Å². The maximum Gasteiger partial charge on any atom is 0.259 e. The zero-order valence-electron chi connectivity index (χ0n) is 24.0. The van der Waals surface area contributed by atoms with Crippen LogP contribution >= 0.6 is 0 Å². The number of fused-ring (bicyclic) bond motifs is 1. The number of sulfonamides is 1. The van der Waals surface area contributed by atoms with Crippen LogP contribution in [0.15, 0.2) is 46.2 Å². The number of piperidine rings is 1. The van der Waals surface area contributed by atoms with E-state index < -0.39 is 15.5 Å². The molecule has 8 nitrogen and oxygen atoms in total. The predicted molar refractivity (Wildman–Crippen MR) is 157 cm³/mol. The summed E-state index contributed by atoms with van der Waals surface area (Å²) in [7, 11) is -3.77. The summed E-state index contributed by atoms with van der Waals surface area (Å²) in [6, 6.07) is 4.78. The second-order valence-electron chi connectivity index (χ2n) is 12.1. The summed E-state index contributed by atoms with van der Waals surface area (Å²) in [6.45, 7) is 9.32. The Morgan fingerprint density at radius 1 is 1.10 bits per heavy atom. The summed E-state index contributed by atoms with van der Waals surface area (Å²) in [6.07, 6.45) is 11.8. The highest BCUT2D eigenvalue weighted by Gasteiger charge is 2.33. The molecule has 2 saturated heterocycles. The van der Waals surface area contributed by atoms with Crippen molar-refractivity contribution in [2.45, 2.75) is 76.8 Å². The van der Waals surface area contributed by atoms with E-state index in [0.29, 0.717) is 50.8 Å². The number of pyridine rings is 1. The summed E-state index contributed by atoms with van der Waals surface area (Å²) in [4.78, 5) is 29.9. The van der Waals surface area contributed by atoms with Crippen LogP contribution < -0.4 is 5.43 Å². The fourth-order valence-electron chi connectivity index (χ4n) is 6.68. The van der Waals surface area contributed by atoms with E-state index in [2.05, 4.69) is 26.0 Å². The maximum absolute atomic E-state index is 14.1. The Morgan fingerprint density at radius 3 is 2.52 bits per heavy atom. The molecule has 0 N–H and O–H groups in total. The van der Waals surface area contributed by atoms with Crippen molar-refractivity contribution in [3.63, 3.8) is 0 Å². The van der Waals surface area contributed by atoms with E-state index in [0.717, 1.165) is 38.5 Å². The number of carbonyl (C=O) groups is 1. The van der Waals surface area contributed by atoms with Gasteiger partial charge in [0.25, 0.3) is 5.91 Å². The lowest BCUT2D eigenvalue weighted by Gasteiger charge is -2.34. The normalized spacial score (nSPS) is 25.9. The van der Waals surface area contributed by atoms with Gasteiger partial charge in [-0.15, -0.1) is 0 Å². The molecule has 3 heterocycles. The molecule has 2 fully saturated rings. The Bertz CT molecular complexity index is 1420. The van der Waals surface area contributed by atoms with Crippen LogP contribution in [0.25, 0.3) is 10.9 Å². The van der Waals surface area contributed by atoms with E-state index in [9.17, 15) is 18.0 Å². The molecular weight excluding hydrogens is 526 g/mol. The lowest BCUT2D eigenvalue weighted by atomic mass is 9.93. The number of rotatable bonds is 8. The molecule has 0 saturated carbocycles. The Labute approximate surface area is 238 Å². The summed E-state index contributed by atoms with van der Waals surface area (Å²) in [5.74, 6) is 0.589. The highest BCUT2D eigenvalue weighted by Crippen LogP contribution is 2.28. The van der Waals surface area contributed by atoms with Gasteiger partial charge in [0.1, 0.15) is 5.56 Å². The molecule has 1 aromatic heterocycles. The van der Waals surface area contributed by atoms with Crippen LogP contribution in [0.5, 0.6) is 0 Å². The van der Waals surface area contributed by atoms with Crippen molar-refractivity contribution in [1.82, 2.24) is 13.8 Å². The van der Waals surface area contributed by atoms with Gasteiger partial charge in [-0.3, -0.25) is 9.59 Å². The molecule has 3 aliphatic rings. The number of carbonyl (C=O) groups excluding carboxylic acids is 1. The zero-order chi connectivity index (χ0) is 28.4. The number of allylic oxidation sites excluding steroid dienone is 2. The number of aryl methyl sites for hydroxylation is 1. The third-order valence-corrected chi connectivity index (χ3v) is 10.5. The Balaban J connectivity index is 1.52. The Morgan fingerprint density at radius 2 is 1.88 bits per heavy atom. The third kappa shape index (κ3) is 6.06. The summed E-state index contributed by atoms with van der Waals surface area (Å²) < 4.78 is 36.6. The molecule has 9 heteroatoms. The highest BCUT2D eigenvalue weighted by atomic mass is 32.2. The first-order valence-corrected chi connectivity index (χ1v) is 16.3. The molecule has 40 heavy (non-hydrogen) atoms. The number of nitrogens with zero attached hydrogens (tertiary/aromatic N) is 3. The molecule has 2 aromatic rings.